The average Bonchev–Trinajstić information content (AvgIpc) is 2.84. The molecule has 5 rings (SSSR count). The molecule has 158 valence electrons. The van der Waals surface area contributed by atoms with Crippen LogP contribution in [0.25, 0.3) is 11.4 Å². The van der Waals surface area contributed by atoms with Gasteiger partial charge in [0.1, 0.15) is 11.6 Å². The number of rotatable bonds is 3. The van der Waals surface area contributed by atoms with Crippen molar-refractivity contribution in [3.63, 3.8) is 0 Å². The van der Waals surface area contributed by atoms with Gasteiger partial charge in [0.25, 0.3) is 5.91 Å². The lowest BCUT2D eigenvalue weighted by atomic mass is 10.0. The van der Waals surface area contributed by atoms with E-state index in [1.807, 2.05) is 35.2 Å². The number of halogens is 1. The number of aromatic nitrogens is 2. The highest BCUT2D eigenvalue weighted by Crippen LogP contribution is 2.31. The van der Waals surface area contributed by atoms with Crippen molar-refractivity contribution in [2.24, 2.45) is 0 Å². The zero-order valence-corrected chi connectivity index (χ0v) is 17.4. The lowest BCUT2D eigenvalue weighted by molar-refractivity contribution is 0.0733. The first-order valence-electron chi connectivity index (χ1n) is 10.9. The number of carbonyl (C=O) groups is 1. The lowest BCUT2D eigenvalue weighted by Crippen LogP contribution is -2.39. The summed E-state index contributed by atoms with van der Waals surface area (Å²) in [7, 11) is 0. The van der Waals surface area contributed by atoms with Crippen LogP contribution in [-0.4, -0.2) is 40.4 Å². The summed E-state index contributed by atoms with van der Waals surface area (Å²) < 4.78 is 13.3. The molecule has 0 spiro atoms. The molecule has 3 heterocycles. The maximum Gasteiger partial charge on any atom is 0.254 e. The lowest BCUT2D eigenvalue weighted by Gasteiger charge is -2.34. The monoisotopic (exact) mass is 416 g/mol. The summed E-state index contributed by atoms with van der Waals surface area (Å²) in [4.78, 5) is 27.1. The van der Waals surface area contributed by atoms with Crippen molar-refractivity contribution in [1.29, 1.82) is 0 Å². The first kappa shape index (κ1) is 19.7. The van der Waals surface area contributed by atoms with Crippen LogP contribution in [0.5, 0.6) is 0 Å². The van der Waals surface area contributed by atoms with Crippen molar-refractivity contribution < 1.29 is 9.18 Å². The third-order valence-electron chi connectivity index (χ3n) is 6.10. The van der Waals surface area contributed by atoms with Gasteiger partial charge in [0.05, 0.1) is 12.2 Å². The summed E-state index contributed by atoms with van der Waals surface area (Å²) in [5.74, 6) is 1.29. The van der Waals surface area contributed by atoms with Crippen LogP contribution >= 0.6 is 0 Å². The van der Waals surface area contributed by atoms with Crippen molar-refractivity contribution in [2.75, 3.05) is 24.5 Å². The summed E-state index contributed by atoms with van der Waals surface area (Å²) in [6, 6.07) is 15.8. The molecule has 31 heavy (non-hydrogen) atoms. The number of benzene rings is 2. The van der Waals surface area contributed by atoms with Crippen molar-refractivity contribution in [1.82, 2.24) is 14.9 Å². The molecule has 0 saturated carbocycles. The molecule has 1 saturated heterocycles. The molecule has 0 radical (unpaired) electrons. The van der Waals surface area contributed by atoms with E-state index in [1.54, 1.807) is 12.1 Å². The molecule has 0 unspecified atom stereocenters. The Morgan fingerprint density at radius 2 is 1.61 bits per heavy atom. The van der Waals surface area contributed by atoms with Gasteiger partial charge >= 0.3 is 0 Å². The second kappa shape index (κ2) is 8.46. The zero-order valence-electron chi connectivity index (χ0n) is 17.4. The highest BCUT2D eigenvalue weighted by molar-refractivity contribution is 5.94. The molecule has 0 atom stereocenters. The molecule has 2 aliphatic rings. The van der Waals surface area contributed by atoms with Gasteiger partial charge in [-0.05, 0) is 43.5 Å². The third kappa shape index (κ3) is 4.02. The number of amides is 1. The van der Waals surface area contributed by atoms with E-state index in [1.165, 1.54) is 18.6 Å². The Kier molecular flexibility index (Phi) is 5.37. The van der Waals surface area contributed by atoms with Crippen LogP contribution in [0.2, 0.25) is 0 Å². The Bertz CT molecular complexity index is 1080. The molecule has 6 heteroatoms. The molecule has 2 aromatic carbocycles. The van der Waals surface area contributed by atoms with Crippen LogP contribution in [0.15, 0.2) is 54.6 Å². The highest BCUT2D eigenvalue weighted by atomic mass is 19.1. The van der Waals surface area contributed by atoms with Crippen LogP contribution < -0.4 is 4.90 Å². The minimum Gasteiger partial charge on any atom is -0.356 e. The van der Waals surface area contributed by atoms with Crippen molar-refractivity contribution >= 4 is 11.7 Å². The molecular formula is C25H25FN4O. The fourth-order valence-electron chi connectivity index (χ4n) is 4.43. The second-order valence-corrected chi connectivity index (χ2v) is 8.19. The van der Waals surface area contributed by atoms with Gasteiger partial charge < -0.3 is 9.80 Å². The fraction of sp³-hybridized carbons (Fsp3) is 0.320. The van der Waals surface area contributed by atoms with E-state index >= 15 is 0 Å². The largest absolute Gasteiger partial charge is 0.356 e. The predicted molar refractivity (Wildman–Crippen MR) is 118 cm³/mol. The van der Waals surface area contributed by atoms with Crippen LogP contribution in [-0.2, 0) is 13.0 Å². The number of anilines is 1. The van der Waals surface area contributed by atoms with E-state index in [4.69, 9.17) is 9.97 Å². The van der Waals surface area contributed by atoms with E-state index in [0.717, 1.165) is 54.4 Å². The van der Waals surface area contributed by atoms with E-state index < -0.39 is 0 Å². The third-order valence-corrected chi connectivity index (χ3v) is 6.10. The minimum absolute atomic E-state index is 0.0811. The Hall–Kier alpha value is -3.28. The Balaban J connectivity index is 1.51. The minimum atomic E-state index is -0.338. The molecule has 1 aromatic heterocycles. The van der Waals surface area contributed by atoms with Gasteiger partial charge in [-0.15, -0.1) is 0 Å². The summed E-state index contributed by atoms with van der Waals surface area (Å²) in [6.07, 6.45) is 4.23. The smallest absolute Gasteiger partial charge is 0.254 e. The topological polar surface area (TPSA) is 49.3 Å². The van der Waals surface area contributed by atoms with Gasteiger partial charge in [-0.1, -0.05) is 30.3 Å². The fourth-order valence-corrected chi connectivity index (χ4v) is 4.43. The number of piperidine rings is 1. The van der Waals surface area contributed by atoms with Crippen LogP contribution in [0.1, 0.15) is 40.9 Å². The van der Waals surface area contributed by atoms with Gasteiger partial charge in [0, 0.05) is 42.7 Å². The van der Waals surface area contributed by atoms with Gasteiger partial charge in [0.2, 0.25) is 0 Å². The van der Waals surface area contributed by atoms with Crippen LogP contribution in [0, 0.1) is 5.82 Å². The first-order valence-corrected chi connectivity index (χ1v) is 10.9. The van der Waals surface area contributed by atoms with E-state index in [9.17, 15) is 9.18 Å². The molecule has 0 aliphatic carbocycles. The molecule has 3 aromatic rings. The molecule has 2 aliphatic heterocycles. The van der Waals surface area contributed by atoms with E-state index in [2.05, 4.69) is 4.90 Å². The maximum absolute atomic E-state index is 13.3. The average molecular weight is 417 g/mol. The van der Waals surface area contributed by atoms with Gasteiger partial charge in [-0.25, -0.2) is 14.4 Å². The molecular weight excluding hydrogens is 391 g/mol. The summed E-state index contributed by atoms with van der Waals surface area (Å²) >= 11 is 0. The standard InChI is InChI=1S/C25H25FN4O/c26-20-11-9-19(10-12-20)25(31)30-16-13-22-21(17-30)24(29-14-5-2-6-15-29)28-23(27-22)18-7-3-1-4-8-18/h1,3-4,7-12H,2,5-6,13-17H2. The summed E-state index contributed by atoms with van der Waals surface area (Å²) in [5, 5.41) is 0. The Labute approximate surface area is 181 Å². The predicted octanol–water partition coefficient (Wildman–Crippen LogP) is 4.47. The number of hydrogen-bond donors (Lipinski definition) is 0. The number of hydrogen-bond acceptors (Lipinski definition) is 4. The SMILES string of the molecule is O=C(c1ccc(F)cc1)N1CCc2nc(-c3ccccc3)nc(N3CCCCC3)c2C1. The molecule has 1 amide bonds. The van der Waals surface area contributed by atoms with Gasteiger partial charge in [-0.2, -0.15) is 0 Å². The van der Waals surface area contributed by atoms with E-state index in [0.29, 0.717) is 25.1 Å². The number of nitrogens with zero attached hydrogens (tertiary/aromatic N) is 4. The van der Waals surface area contributed by atoms with E-state index in [-0.39, 0.29) is 11.7 Å². The highest BCUT2D eigenvalue weighted by Gasteiger charge is 2.29. The normalized spacial score (nSPS) is 16.2. The zero-order chi connectivity index (χ0) is 21.2. The second-order valence-electron chi connectivity index (χ2n) is 8.19. The Morgan fingerprint density at radius 1 is 0.871 bits per heavy atom. The van der Waals surface area contributed by atoms with Crippen molar-refractivity contribution in [3.05, 3.63) is 77.2 Å². The van der Waals surface area contributed by atoms with Crippen LogP contribution in [0.3, 0.4) is 0 Å². The number of fused-ring (bicyclic) bond motifs is 1. The maximum atomic E-state index is 13.3. The van der Waals surface area contributed by atoms with Gasteiger partial charge in [-0.3, -0.25) is 4.79 Å². The molecule has 0 N–H and O–H groups in total. The van der Waals surface area contributed by atoms with Gasteiger partial charge in [0.15, 0.2) is 5.82 Å². The molecule has 5 nitrogen and oxygen atoms in total. The molecule has 0 bridgehead atoms. The Morgan fingerprint density at radius 3 is 2.35 bits per heavy atom. The summed E-state index contributed by atoms with van der Waals surface area (Å²) in [6.45, 7) is 3.02. The quantitative estimate of drug-likeness (QED) is 0.632. The van der Waals surface area contributed by atoms with Crippen molar-refractivity contribution in [3.8, 4) is 11.4 Å². The number of carbonyl (C=O) groups excluding carboxylic acids is 1. The summed E-state index contributed by atoms with van der Waals surface area (Å²) in [5.41, 5.74) is 3.58. The first-order chi connectivity index (χ1) is 15.2. The molecule has 1 fully saturated rings. The van der Waals surface area contributed by atoms with Crippen LogP contribution in [0.4, 0.5) is 10.2 Å². The van der Waals surface area contributed by atoms with Crippen molar-refractivity contribution in [2.45, 2.75) is 32.2 Å².